The van der Waals surface area contributed by atoms with Crippen molar-refractivity contribution >= 4 is 12.0 Å². The van der Waals surface area contributed by atoms with Gasteiger partial charge in [0, 0.05) is 20.1 Å². The van der Waals surface area contributed by atoms with Crippen molar-refractivity contribution in [1.82, 2.24) is 25.8 Å². The van der Waals surface area contributed by atoms with E-state index in [1.807, 2.05) is 0 Å². The number of ether oxygens (including phenoxy) is 1. The second-order valence-corrected chi connectivity index (χ2v) is 3.43. The van der Waals surface area contributed by atoms with Crippen LogP contribution >= 0.6 is 0 Å². The summed E-state index contributed by atoms with van der Waals surface area (Å²) < 4.78 is 4.76. The zero-order valence-electron chi connectivity index (χ0n) is 9.84. The highest BCUT2D eigenvalue weighted by atomic mass is 16.5. The number of rotatable bonds is 7. The number of hydrogen-bond donors (Lipinski definition) is 4. The minimum atomic E-state index is -1.11. The third-order valence-electron chi connectivity index (χ3n) is 2.10. The molecule has 0 radical (unpaired) electrons. The number of methoxy groups -OCH3 is 1. The lowest BCUT2D eigenvalue weighted by atomic mass is 10.2. The van der Waals surface area contributed by atoms with E-state index in [1.54, 1.807) is 0 Å². The van der Waals surface area contributed by atoms with E-state index in [0.29, 0.717) is 5.82 Å². The number of aliphatic carboxylic acids is 1. The molecule has 1 rings (SSSR count). The van der Waals surface area contributed by atoms with Gasteiger partial charge in [-0.05, 0) is 0 Å². The minimum Gasteiger partial charge on any atom is -0.480 e. The SMILES string of the molecule is COCCC(NC(=O)NCc1ncn[nH]1)C(=O)O. The summed E-state index contributed by atoms with van der Waals surface area (Å²) in [6, 6.07) is -1.57. The number of aromatic amines is 1. The summed E-state index contributed by atoms with van der Waals surface area (Å²) in [5, 5.41) is 19.8. The Labute approximate surface area is 103 Å². The molecule has 9 nitrogen and oxygen atoms in total. The van der Waals surface area contributed by atoms with Crippen LogP contribution in [0.4, 0.5) is 4.79 Å². The van der Waals surface area contributed by atoms with Crippen molar-refractivity contribution in [2.75, 3.05) is 13.7 Å². The van der Waals surface area contributed by atoms with Gasteiger partial charge in [-0.15, -0.1) is 0 Å². The number of H-pyrrole nitrogens is 1. The van der Waals surface area contributed by atoms with E-state index in [-0.39, 0.29) is 19.6 Å². The van der Waals surface area contributed by atoms with Gasteiger partial charge in [-0.1, -0.05) is 0 Å². The number of carbonyl (C=O) groups is 2. The molecule has 0 saturated heterocycles. The van der Waals surface area contributed by atoms with Gasteiger partial charge < -0.3 is 20.5 Å². The Morgan fingerprint density at radius 3 is 2.94 bits per heavy atom. The van der Waals surface area contributed by atoms with Crippen LogP contribution in [-0.4, -0.2) is 52.0 Å². The van der Waals surface area contributed by atoms with E-state index in [1.165, 1.54) is 13.4 Å². The Bertz CT molecular complexity index is 380. The molecule has 0 saturated carbocycles. The van der Waals surface area contributed by atoms with Crippen LogP contribution in [-0.2, 0) is 16.1 Å². The van der Waals surface area contributed by atoms with E-state index in [4.69, 9.17) is 9.84 Å². The second kappa shape index (κ2) is 7.22. The Balaban J connectivity index is 2.34. The zero-order valence-corrected chi connectivity index (χ0v) is 9.84. The lowest BCUT2D eigenvalue weighted by molar-refractivity contribution is -0.139. The van der Waals surface area contributed by atoms with Crippen LogP contribution in [0.5, 0.6) is 0 Å². The fourth-order valence-electron chi connectivity index (χ4n) is 1.18. The fourth-order valence-corrected chi connectivity index (χ4v) is 1.18. The van der Waals surface area contributed by atoms with Crippen LogP contribution in [0.1, 0.15) is 12.2 Å². The average Bonchev–Trinajstić information content (AvgIpc) is 2.84. The number of nitrogens with zero attached hydrogens (tertiary/aromatic N) is 2. The van der Waals surface area contributed by atoms with Crippen LogP contribution in [0, 0.1) is 0 Å². The van der Waals surface area contributed by atoms with Gasteiger partial charge in [0.2, 0.25) is 0 Å². The third-order valence-corrected chi connectivity index (χ3v) is 2.10. The number of carboxylic acid groups (broad SMARTS) is 1. The summed E-state index contributed by atoms with van der Waals surface area (Å²) in [6.45, 7) is 0.391. The molecule has 9 heteroatoms. The van der Waals surface area contributed by atoms with Crippen molar-refractivity contribution < 1.29 is 19.4 Å². The first-order chi connectivity index (χ1) is 8.63. The van der Waals surface area contributed by atoms with Crippen LogP contribution < -0.4 is 10.6 Å². The maximum Gasteiger partial charge on any atom is 0.326 e. The molecule has 4 N–H and O–H groups in total. The molecule has 0 aliphatic rings. The molecule has 0 fully saturated rings. The summed E-state index contributed by atoms with van der Waals surface area (Å²) in [6.07, 6.45) is 1.51. The van der Waals surface area contributed by atoms with Gasteiger partial charge in [0.05, 0.1) is 6.54 Å². The highest BCUT2D eigenvalue weighted by molar-refractivity contribution is 5.82. The van der Waals surface area contributed by atoms with E-state index in [9.17, 15) is 9.59 Å². The van der Waals surface area contributed by atoms with Crippen LogP contribution in [0.3, 0.4) is 0 Å². The predicted octanol–water partition coefficient (Wildman–Crippen LogP) is -0.906. The summed E-state index contributed by atoms with van der Waals surface area (Å²) in [5.41, 5.74) is 0. The molecule has 1 aromatic heterocycles. The van der Waals surface area contributed by atoms with Gasteiger partial charge in [-0.25, -0.2) is 14.6 Å². The Morgan fingerprint density at radius 2 is 2.39 bits per heavy atom. The normalized spacial score (nSPS) is 11.8. The number of aromatic nitrogens is 3. The van der Waals surface area contributed by atoms with Crippen LogP contribution in [0.2, 0.25) is 0 Å². The van der Waals surface area contributed by atoms with Gasteiger partial charge in [-0.3, -0.25) is 5.10 Å². The monoisotopic (exact) mass is 257 g/mol. The van der Waals surface area contributed by atoms with Crippen molar-refractivity contribution in [3.63, 3.8) is 0 Å². The summed E-state index contributed by atoms with van der Waals surface area (Å²) in [4.78, 5) is 26.1. The number of urea groups is 1. The van der Waals surface area contributed by atoms with Crippen molar-refractivity contribution in [2.45, 2.75) is 19.0 Å². The zero-order chi connectivity index (χ0) is 13.4. The van der Waals surface area contributed by atoms with Gasteiger partial charge in [0.25, 0.3) is 0 Å². The molecule has 0 bridgehead atoms. The minimum absolute atomic E-state index is 0.141. The maximum absolute atomic E-state index is 11.4. The Morgan fingerprint density at radius 1 is 1.61 bits per heavy atom. The maximum atomic E-state index is 11.4. The average molecular weight is 257 g/mol. The molecular weight excluding hydrogens is 242 g/mol. The molecular formula is C9H15N5O4. The largest absolute Gasteiger partial charge is 0.480 e. The number of carboxylic acids is 1. The molecule has 100 valence electrons. The van der Waals surface area contributed by atoms with Gasteiger partial charge in [0.15, 0.2) is 0 Å². The smallest absolute Gasteiger partial charge is 0.326 e. The predicted molar refractivity (Wildman–Crippen MR) is 59.7 cm³/mol. The van der Waals surface area contributed by atoms with Crippen molar-refractivity contribution in [3.8, 4) is 0 Å². The quantitative estimate of drug-likeness (QED) is 0.500. The first kappa shape index (κ1) is 13.9. The van der Waals surface area contributed by atoms with Crippen LogP contribution in [0.25, 0.3) is 0 Å². The molecule has 1 heterocycles. The van der Waals surface area contributed by atoms with Gasteiger partial charge >= 0.3 is 12.0 Å². The molecule has 0 spiro atoms. The van der Waals surface area contributed by atoms with Gasteiger partial charge in [-0.2, -0.15) is 5.10 Å². The van der Waals surface area contributed by atoms with Crippen molar-refractivity contribution in [1.29, 1.82) is 0 Å². The van der Waals surface area contributed by atoms with Crippen LogP contribution in [0.15, 0.2) is 6.33 Å². The Kier molecular flexibility index (Phi) is 5.58. The highest BCUT2D eigenvalue weighted by Gasteiger charge is 2.19. The molecule has 0 aliphatic heterocycles. The standard InChI is InChI=1S/C9H15N5O4/c1-18-3-2-6(8(15)16)13-9(17)10-4-7-11-5-12-14-7/h5-6H,2-4H2,1H3,(H,15,16)(H2,10,13,17)(H,11,12,14). The van der Waals surface area contributed by atoms with Crippen molar-refractivity contribution in [3.05, 3.63) is 12.2 Å². The number of carbonyl (C=O) groups excluding carboxylic acids is 1. The molecule has 1 atom stereocenters. The second-order valence-electron chi connectivity index (χ2n) is 3.43. The van der Waals surface area contributed by atoms with E-state index >= 15 is 0 Å². The summed E-state index contributed by atoms with van der Waals surface area (Å²) in [5.74, 6) is -0.629. The summed E-state index contributed by atoms with van der Waals surface area (Å²) in [7, 11) is 1.46. The number of amides is 2. The molecule has 18 heavy (non-hydrogen) atoms. The Hall–Kier alpha value is -2.16. The topological polar surface area (TPSA) is 129 Å². The third kappa shape index (κ3) is 4.78. The van der Waals surface area contributed by atoms with E-state index in [2.05, 4.69) is 25.8 Å². The summed E-state index contributed by atoms with van der Waals surface area (Å²) >= 11 is 0. The lowest BCUT2D eigenvalue weighted by Gasteiger charge is -2.14. The first-order valence-electron chi connectivity index (χ1n) is 5.24. The van der Waals surface area contributed by atoms with E-state index < -0.39 is 18.0 Å². The molecule has 1 aromatic rings. The van der Waals surface area contributed by atoms with Gasteiger partial charge in [0.1, 0.15) is 18.2 Å². The fraction of sp³-hybridized carbons (Fsp3) is 0.556. The molecule has 2 amide bonds. The first-order valence-corrected chi connectivity index (χ1v) is 5.24. The molecule has 1 unspecified atom stereocenters. The van der Waals surface area contributed by atoms with E-state index in [0.717, 1.165) is 0 Å². The molecule has 0 aromatic carbocycles. The number of hydrogen-bond acceptors (Lipinski definition) is 5. The highest BCUT2D eigenvalue weighted by Crippen LogP contribution is 1.93. The number of nitrogens with one attached hydrogen (secondary N) is 3. The lowest BCUT2D eigenvalue weighted by Crippen LogP contribution is -2.46. The van der Waals surface area contributed by atoms with Crippen molar-refractivity contribution in [2.24, 2.45) is 0 Å². The molecule has 0 aliphatic carbocycles.